The lowest BCUT2D eigenvalue weighted by Gasteiger charge is -2.17. The third-order valence-corrected chi connectivity index (χ3v) is 3.85. The Bertz CT molecular complexity index is 782. The summed E-state index contributed by atoms with van der Waals surface area (Å²) in [5.74, 6) is 0. The second kappa shape index (κ2) is 6.96. The van der Waals surface area contributed by atoms with Crippen molar-refractivity contribution in [2.75, 3.05) is 5.32 Å². The van der Waals surface area contributed by atoms with E-state index in [-0.39, 0.29) is 12.1 Å². The van der Waals surface area contributed by atoms with E-state index in [1.54, 1.807) is 6.20 Å². The topological polar surface area (TPSA) is 69.8 Å². The number of urea groups is 1. The molecule has 5 nitrogen and oxygen atoms in total. The predicted molar refractivity (Wildman–Crippen MR) is 92.5 cm³/mol. The van der Waals surface area contributed by atoms with E-state index < -0.39 is 0 Å². The summed E-state index contributed by atoms with van der Waals surface area (Å²) in [4.78, 5) is 12.2. The van der Waals surface area contributed by atoms with Crippen molar-refractivity contribution >= 4 is 22.6 Å². The number of carbonyl (C=O) groups excluding carboxylic acids is 1. The number of aromatic amines is 1. The molecule has 3 rings (SSSR count). The van der Waals surface area contributed by atoms with Gasteiger partial charge in [0.2, 0.25) is 0 Å². The molecule has 1 atom stereocenters. The molecule has 0 aliphatic rings. The molecule has 1 aromatic heterocycles. The molecule has 23 heavy (non-hydrogen) atoms. The summed E-state index contributed by atoms with van der Waals surface area (Å²) >= 11 is 0. The summed E-state index contributed by atoms with van der Waals surface area (Å²) < 4.78 is 0. The van der Waals surface area contributed by atoms with E-state index in [0.29, 0.717) is 0 Å². The van der Waals surface area contributed by atoms with Crippen LogP contribution in [-0.2, 0) is 6.42 Å². The molecule has 0 fully saturated rings. The van der Waals surface area contributed by atoms with Gasteiger partial charge in [-0.05, 0) is 36.6 Å². The van der Waals surface area contributed by atoms with E-state index in [1.165, 1.54) is 5.56 Å². The van der Waals surface area contributed by atoms with Gasteiger partial charge in [0, 0.05) is 17.1 Å². The molecular weight excluding hydrogens is 288 g/mol. The zero-order chi connectivity index (χ0) is 16.1. The van der Waals surface area contributed by atoms with Crippen molar-refractivity contribution in [2.24, 2.45) is 0 Å². The molecule has 0 aliphatic carbocycles. The van der Waals surface area contributed by atoms with Crippen LogP contribution in [0.25, 0.3) is 10.9 Å². The van der Waals surface area contributed by atoms with Crippen molar-refractivity contribution in [2.45, 2.75) is 25.8 Å². The van der Waals surface area contributed by atoms with Crippen molar-refractivity contribution in [1.29, 1.82) is 0 Å². The first-order valence-electron chi connectivity index (χ1n) is 7.79. The minimum atomic E-state index is -0.185. The van der Waals surface area contributed by atoms with E-state index >= 15 is 0 Å². The molecule has 5 heteroatoms. The second-order valence-electron chi connectivity index (χ2n) is 5.57. The Morgan fingerprint density at radius 3 is 2.83 bits per heavy atom. The van der Waals surface area contributed by atoms with Gasteiger partial charge in [-0.2, -0.15) is 5.10 Å². The highest BCUT2D eigenvalue weighted by atomic mass is 16.2. The number of nitrogens with zero attached hydrogens (tertiary/aromatic N) is 1. The van der Waals surface area contributed by atoms with E-state index in [1.807, 2.05) is 36.4 Å². The lowest BCUT2D eigenvalue weighted by atomic mass is 10.0. The average Bonchev–Trinajstić information content (AvgIpc) is 3.02. The molecule has 118 valence electrons. The zero-order valence-electron chi connectivity index (χ0n) is 13.0. The van der Waals surface area contributed by atoms with Gasteiger partial charge in [0.05, 0.1) is 11.7 Å². The fraction of sp³-hybridized carbons (Fsp3) is 0.222. The largest absolute Gasteiger partial charge is 0.335 e. The molecule has 1 heterocycles. The van der Waals surface area contributed by atoms with Gasteiger partial charge in [0.15, 0.2) is 0 Å². The number of rotatable bonds is 5. The average molecular weight is 308 g/mol. The molecule has 0 bridgehead atoms. The Balaban J connectivity index is 1.60. The molecule has 2 aromatic carbocycles. The van der Waals surface area contributed by atoms with Crippen molar-refractivity contribution in [1.82, 2.24) is 15.5 Å². The summed E-state index contributed by atoms with van der Waals surface area (Å²) in [7, 11) is 0. The number of anilines is 1. The van der Waals surface area contributed by atoms with Gasteiger partial charge in [-0.1, -0.05) is 37.3 Å². The molecule has 0 spiro atoms. The van der Waals surface area contributed by atoms with Crippen LogP contribution in [-0.4, -0.2) is 22.3 Å². The van der Waals surface area contributed by atoms with Gasteiger partial charge >= 0.3 is 6.03 Å². The smallest absolute Gasteiger partial charge is 0.319 e. The molecule has 3 aromatic rings. The molecule has 1 unspecified atom stereocenters. The van der Waals surface area contributed by atoms with Gasteiger partial charge < -0.3 is 10.6 Å². The van der Waals surface area contributed by atoms with Gasteiger partial charge in [-0.25, -0.2) is 4.79 Å². The summed E-state index contributed by atoms with van der Waals surface area (Å²) in [6.07, 6.45) is 3.44. The maximum Gasteiger partial charge on any atom is 0.319 e. The van der Waals surface area contributed by atoms with Gasteiger partial charge in [0.1, 0.15) is 0 Å². The maximum atomic E-state index is 12.2. The number of H-pyrrole nitrogens is 1. The molecule has 0 radical (unpaired) electrons. The molecule has 0 aliphatic heterocycles. The minimum absolute atomic E-state index is 0.107. The quantitative estimate of drug-likeness (QED) is 0.672. The fourth-order valence-electron chi connectivity index (χ4n) is 2.57. The standard InChI is InChI=1S/C18H20N4O/c1-2-15(10-13-6-4-3-5-7-13)20-18(23)21-16-8-9-17-14(11-16)12-19-22-17/h3-9,11-12,15H,2,10H2,1H3,(H,19,22)(H2,20,21,23). The van der Waals surface area contributed by atoms with E-state index in [9.17, 15) is 4.79 Å². The number of aromatic nitrogens is 2. The van der Waals surface area contributed by atoms with Gasteiger partial charge in [0.25, 0.3) is 0 Å². The number of benzene rings is 2. The first-order chi connectivity index (χ1) is 11.2. The third kappa shape index (κ3) is 3.88. The molecule has 0 saturated carbocycles. The number of carbonyl (C=O) groups is 1. The zero-order valence-corrected chi connectivity index (χ0v) is 13.0. The summed E-state index contributed by atoms with van der Waals surface area (Å²) in [5.41, 5.74) is 2.93. The van der Waals surface area contributed by atoms with Crippen molar-refractivity contribution in [3.8, 4) is 0 Å². The summed E-state index contributed by atoms with van der Waals surface area (Å²) in [6, 6.07) is 15.8. The monoisotopic (exact) mass is 308 g/mol. The van der Waals surface area contributed by atoms with Crippen LogP contribution >= 0.6 is 0 Å². The second-order valence-corrected chi connectivity index (χ2v) is 5.57. The Morgan fingerprint density at radius 2 is 2.04 bits per heavy atom. The normalized spacial score (nSPS) is 12.0. The first kappa shape index (κ1) is 15.1. The van der Waals surface area contributed by atoms with E-state index in [2.05, 4.69) is 39.9 Å². The predicted octanol–water partition coefficient (Wildman–Crippen LogP) is 3.71. The van der Waals surface area contributed by atoms with E-state index in [4.69, 9.17) is 0 Å². The highest BCUT2D eigenvalue weighted by molar-refractivity contribution is 5.92. The molecule has 0 saturated heterocycles. The number of fused-ring (bicyclic) bond motifs is 1. The number of hydrogen-bond donors (Lipinski definition) is 3. The third-order valence-electron chi connectivity index (χ3n) is 3.85. The highest BCUT2D eigenvalue weighted by Crippen LogP contribution is 2.16. The van der Waals surface area contributed by atoms with Crippen LogP contribution in [0.1, 0.15) is 18.9 Å². The number of amides is 2. The van der Waals surface area contributed by atoms with Crippen molar-refractivity contribution < 1.29 is 4.79 Å². The lowest BCUT2D eigenvalue weighted by Crippen LogP contribution is -2.38. The van der Waals surface area contributed by atoms with Crippen LogP contribution in [0.2, 0.25) is 0 Å². The Kier molecular flexibility index (Phi) is 4.57. The fourth-order valence-corrected chi connectivity index (χ4v) is 2.57. The molecule has 2 amide bonds. The van der Waals surface area contributed by atoms with Crippen molar-refractivity contribution in [3.05, 3.63) is 60.3 Å². The first-order valence-corrected chi connectivity index (χ1v) is 7.79. The highest BCUT2D eigenvalue weighted by Gasteiger charge is 2.11. The number of hydrogen-bond acceptors (Lipinski definition) is 2. The Morgan fingerprint density at radius 1 is 1.22 bits per heavy atom. The minimum Gasteiger partial charge on any atom is -0.335 e. The lowest BCUT2D eigenvalue weighted by molar-refractivity contribution is 0.248. The van der Waals surface area contributed by atoms with Crippen LogP contribution in [0.3, 0.4) is 0 Å². The Labute approximate surface area is 135 Å². The molecule has 3 N–H and O–H groups in total. The van der Waals surface area contributed by atoms with Crippen LogP contribution in [0.5, 0.6) is 0 Å². The van der Waals surface area contributed by atoms with Crippen LogP contribution in [0.15, 0.2) is 54.7 Å². The SMILES string of the molecule is CCC(Cc1ccccc1)NC(=O)Nc1ccc2[nH]ncc2c1. The maximum absolute atomic E-state index is 12.2. The summed E-state index contributed by atoms with van der Waals surface area (Å²) in [6.45, 7) is 2.07. The van der Waals surface area contributed by atoms with Crippen molar-refractivity contribution in [3.63, 3.8) is 0 Å². The number of nitrogens with one attached hydrogen (secondary N) is 3. The van der Waals surface area contributed by atoms with Crippen LogP contribution in [0, 0.1) is 0 Å². The van der Waals surface area contributed by atoms with Gasteiger partial charge in [-0.15, -0.1) is 0 Å². The summed E-state index contributed by atoms with van der Waals surface area (Å²) in [5, 5.41) is 13.8. The Hall–Kier alpha value is -2.82. The van der Waals surface area contributed by atoms with Crippen LogP contribution < -0.4 is 10.6 Å². The van der Waals surface area contributed by atoms with E-state index in [0.717, 1.165) is 29.4 Å². The van der Waals surface area contributed by atoms with Crippen LogP contribution in [0.4, 0.5) is 10.5 Å². The van der Waals surface area contributed by atoms with Gasteiger partial charge in [-0.3, -0.25) is 5.10 Å². The molecular formula is C18H20N4O.